The Hall–Kier alpha value is -2.19. The highest BCUT2D eigenvalue weighted by Crippen LogP contribution is 2.47. The number of ether oxygens (including phenoxy) is 1. The van der Waals surface area contributed by atoms with Crippen molar-refractivity contribution in [2.45, 2.75) is 44.4 Å². The van der Waals surface area contributed by atoms with E-state index in [9.17, 15) is 14.7 Å². The minimum atomic E-state index is -1.20. The standard InChI is InChI=1S/C20H29N3O4Si/c1-15-18(24)23(14-27-12-13-28(2,3)4)17-16(6-5-9-21-17)20(15)7-10-22(11-8-20)19(25)26/h5-7,9-10,15H,8,11-14H2,1-4H3,(H,25,26). The summed E-state index contributed by atoms with van der Waals surface area (Å²) in [6.45, 7) is 9.97. The number of carboxylic acid groups (broad SMARTS) is 1. The van der Waals surface area contributed by atoms with E-state index in [1.54, 1.807) is 17.3 Å². The van der Waals surface area contributed by atoms with E-state index < -0.39 is 19.6 Å². The Labute approximate surface area is 167 Å². The highest BCUT2D eigenvalue weighted by molar-refractivity contribution is 6.76. The van der Waals surface area contributed by atoms with Crippen LogP contribution in [0.25, 0.3) is 0 Å². The molecule has 1 N–H and O–H groups in total. The zero-order valence-corrected chi connectivity index (χ0v) is 18.0. The average molecular weight is 404 g/mol. The van der Waals surface area contributed by atoms with Crippen molar-refractivity contribution < 1.29 is 19.4 Å². The van der Waals surface area contributed by atoms with Crippen molar-refractivity contribution in [2.75, 3.05) is 24.8 Å². The molecular weight excluding hydrogens is 374 g/mol. The summed E-state index contributed by atoms with van der Waals surface area (Å²) in [4.78, 5) is 31.9. The number of amides is 2. The Morgan fingerprint density at radius 3 is 2.79 bits per heavy atom. The van der Waals surface area contributed by atoms with Gasteiger partial charge in [-0.25, -0.2) is 9.78 Å². The van der Waals surface area contributed by atoms with Gasteiger partial charge in [0.1, 0.15) is 12.5 Å². The Kier molecular flexibility index (Phi) is 5.63. The van der Waals surface area contributed by atoms with Gasteiger partial charge in [-0.05, 0) is 18.5 Å². The SMILES string of the molecule is CC1C(=O)N(COCC[Si](C)(C)C)c2ncccc2C12C=CN(C(=O)O)CC2. The van der Waals surface area contributed by atoms with Crippen molar-refractivity contribution >= 4 is 25.9 Å². The fourth-order valence-electron chi connectivity index (χ4n) is 3.86. The van der Waals surface area contributed by atoms with Crippen molar-refractivity contribution in [1.82, 2.24) is 9.88 Å². The monoisotopic (exact) mass is 403 g/mol. The summed E-state index contributed by atoms with van der Waals surface area (Å²) in [5.41, 5.74) is 0.415. The number of nitrogens with zero attached hydrogens (tertiary/aromatic N) is 3. The fourth-order valence-corrected chi connectivity index (χ4v) is 4.61. The molecule has 2 aliphatic rings. The zero-order chi connectivity index (χ0) is 20.5. The van der Waals surface area contributed by atoms with Crippen LogP contribution >= 0.6 is 0 Å². The van der Waals surface area contributed by atoms with Gasteiger partial charge in [-0.3, -0.25) is 14.6 Å². The van der Waals surface area contributed by atoms with Crippen LogP contribution in [0, 0.1) is 5.92 Å². The predicted octanol–water partition coefficient (Wildman–Crippen LogP) is 3.51. The van der Waals surface area contributed by atoms with Gasteiger partial charge in [0.05, 0.1) is 0 Å². The normalized spacial score (nSPS) is 24.6. The number of hydrogen-bond donors (Lipinski definition) is 1. The molecule has 28 heavy (non-hydrogen) atoms. The Morgan fingerprint density at radius 1 is 1.43 bits per heavy atom. The van der Waals surface area contributed by atoms with Gasteiger partial charge in [-0.1, -0.05) is 38.7 Å². The molecule has 0 bridgehead atoms. The molecule has 1 aromatic heterocycles. The van der Waals surface area contributed by atoms with Crippen molar-refractivity contribution in [3.05, 3.63) is 36.2 Å². The lowest BCUT2D eigenvalue weighted by molar-refractivity contribution is -0.125. The lowest BCUT2D eigenvalue weighted by atomic mass is 9.65. The smallest absolute Gasteiger partial charge is 0.411 e. The molecule has 0 aromatic carbocycles. The maximum atomic E-state index is 13.2. The third kappa shape index (κ3) is 3.84. The van der Waals surface area contributed by atoms with Crippen LogP contribution in [0.3, 0.4) is 0 Å². The van der Waals surface area contributed by atoms with Crippen molar-refractivity contribution in [3.63, 3.8) is 0 Å². The highest BCUT2D eigenvalue weighted by atomic mass is 28.3. The van der Waals surface area contributed by atoms with E-state index in [4.69, 9.17) is 4.74 Å². The molecule has 2 atom stereocenters. The Balaban J connectivity index is 1.87. The second kappa shape index (κ2) is 7.67. The molecule has 152 valence electrons. The molecule has 0 aliphatic carbocycles. The predicted molar refractivity (Wildman–Crippen MR) is 110 cm³/mol. The average Bonchev–Trinajstić information content (AvgIpc) is 2.65. The molecule has 7 nitrogen and oxygen atoms in total. The number of anilines is 1. The topological polar surface area (TPSA) is 83.0 Å². The lowest BCUT2D eigenvalue weighted by Crippen LogP contribution is -2.53. The summed E-state index contributed by atoms with van der Waals surface area (Å²) in [5, 5.41) is 9.23. The van der Waals surface area contributed by atoms with Crippen LogP contribution in [0.15, 0.2) is 30.6 Å². The van der Waals surface area contributed by atoms with Crippen molar-refractivity contribution in [1.29, 1.82) is 0 Å². The van der Waals surface area contributed by atoms with Gasteiger partial charge in [0.15, 0.2) is 0 Å². The molecule has 0 radical (unpaired) electrons. The minimum absolute atomic E-state index is 0.0346. The number of pyridine rings is 1. The lowest BCUT2D eigenvalue weighted by Gasteiger charge is -2.46. The van der Waals surface area contributed by atoms with E-state index in [-0.39, 0.29) is 18.6 Å². The van der Waals surface area contributed by atoms with E-state index in [1.165, 1.54) is 4.90 Å². The van der Waals surface area contributed by atoms with Crippen LogP contribution in [0.4, 0.5) is 10.6 Å². The summed E-state index contributed by atoms with van der Waals surface area (Å²) in [6.07, 6.45) is 4.68. The van der Waals surface area contributed by atoms with Crippen LogP contribution in [0.5, 0.6) is 0 Å². The molecule has 1 aromatic rings. The Bertz CT molecular complexity index is 792. The quantitative estimate of drug-likeness (QED) is 0.601. The molecule has 2 unspecified atom stereocenters. The molecule has 3 rings (SSSR count). The number of rotatable bonds is 5. The number of fused-ring (bicyclic) bond motifs is 2. The molecule has 3 heterocycles. The highest BCUT2D eigenvalue weighted by Gasteiger charge is 2.49. The molecule has 2 amide bonds. The maximum Gasteiger partial charge on any atom is 0.411 e. The third-order valence-corrected chi connectivity index (χ3v) is 7.44. The van der Waals surface area contributed by atoms with Crippen LogP contribution < -0.4 is 4.90 Å². The van der Waals surface area contributed by atoms with Gasteiger partial charge in [-0.15, -0.1) is 0 Å². The number of hydrogen-bond acceptors (Lipinski definition) is 4. The summed E-state index contributed by atoms with van der Waals surface area (Å²) in [5.74, 6) is 0.261. The fraction of sp³-hybridized carbons (Fsp3) is 0.550. The van der Waals surface area contributed by atoms with E-state index in [2.05, 4.69) is 24.6 Å². The number of allylic oxidation sites excluding steroid dienone is 1. The first kappa shape index (κ1) is 20.5. The summed E-state index contributed by atoms with van der Waals surface area (Å²) >= 11 is 0. The first-order valence-electron chi connectivity index (χ1n) is 9.69. The van der Waals surface area contributed by atoms with E-state index in [1.807, 2.05) is 25.1 Å². The largest absolute Gasteiger partial charge is 0.465 e. The third-order valence-electron chi connectivity index (χ3n) is 5.73. The van der Waals surface area contributed by atoms with Crippen molar-refractivity contribution in [2.24, 2.45) is 5.92 Å². The molecular formula is C20H29N3O4Si. The van der Waals surface area contributed by atoms with Crippen LogP contribution in [0.2, 0.25) is 25.7 Å². The second-order valence-corrected chi connectivity index (χ2v) is 14.4. The van der Waals surface area contributed by atoms with Crippen LogP contribution in [-0.2, 0) is 14.9 Å². The molecule has 0 fully saturated rings. The van der Waals surface area contributed by atoms with Crippen molar-refractivity contribution in [3.8, 4) is 0 Å². The number of carbonyl (C=O) groups excluding carboxylic acids is 1. The first-order chi connectivity index (χ1) is 13.2. The first-order valence-corrected chi connectivity index (χ1v) is 13.4. The summed E-state index contributed by atoms with van der Waals surface area (Å²) in [6, 6.07) is 4.89. The Morgan fingerprint density at radius 2 is 2.18 bits per heavy atom. The molecule has 0 saturated heterocycles. The van der Waals surface area contributed by atoms with Crippen LogP contribution in [0.1, 0.15) is 18.9 Å². The van der Waals surface area contributed by atoms with E-state index >= 15 is 0 Å². The number of carbonyl (C=O) groups is 2. The zero-order valence-electron chi connectivity index (χ0n) is 17.0. The van der Waals surface area contributed by atoms with Crippen LogP contribution in [-0.4, -0.2) is 54.9 Å². The van der Waals surface area contributed by atoms with Gasteiger partial charge in [0.25, 0.3) is 0 Å². The second-order valence-electron chi connectivity index (χ2n) is 8.79. The van der Waals surface area contributed by atoms with Gasteiger partial charge in [0.2, 0.25) is 5.91 Å². The summed E-state index contributed by atoms with van der Waals surface area (Å²) < 4.78 is 5.84. The number of aromatic nitrogens is 1. The van der Waals surface area contributed by atoms with E-state index in [0.717, 1.165) is 11.6 Å². The molecule has 8 heteroatoms. The molecule has 1 spiro atoms. The van der Waals surface area contributed by atoms with Gasteiger partial charge >= 0.3 is 6.09 Å². The van der Waals surface area contributed by atoms with E-state index in [0.29, 0.717) is 25.4 Å². The molecule has 2 aliphatic heterocycles. The molecule has 0 saturated carbocycles. The van der Waals surface area contributed by atoms with Gasteiger partial charge in [-0.2, -0.15) is 0 Å². The van der Waals surface area contributed by atoms with Gasteiger partial charge in [0, 0.05) is 50.5 Å². The maximum absolute atomic E-state index is 13.2. The van der Waals surface area contributed by atoms with Gasteiger partial charge < -0.3 is 9.84 Å². The summed E-state index contributed by atoms with van der Waals surface area (Å²) in [7, 11) is -1.20. The minimum Gasteiger partial charge on any atom is -0.465 e.